The molecule has 10 heteroatoms. The van der Waals surface area contributed by atoms with E-state index >= 15 is 4.39 Å². The van der Waals surface area contributed by atoms with E-state index in [2.05, 4.69) is 5.32 Å². The summed E-state index contributed by atoms with van der Waals surface area (Å²) in [5.41, 5.74) is 1.91. The maximum absolute atomic E-state index is 15.1. The first-order chi connectivity index (χ1) is 19.1. The van der Waals surface area contributed by atoms with Gasteiger partial charge in [-0.2, -0.15) is 0 Å². The number of aryl methyl sites for hydroxylation is 1. The second-order valence-corrected chi connectivity index (χ2v) is 11.6. The van der Waals surface area contributed by atoms with Gasteiger partial charge in [-0.3, -0.25) is 9.59 Å². The number of aliphatic hydroxyl groups excluding tert-OH is 1. The van der Waals surface area contributed by atoms with Crippen molar-refractivity contribution in [1.82, 2.24) is 14.9 Å². The Bertz CT molecular complexity index is 1730. The van der Waals surface area contributed by atoms with Gasteiger partial charge in [0.05, 0.1) is 40.5 Å². The fraction of sp³-hybridized carbons (Fsp3) is 0.467. The molecule has 2 aliphatic heterocycles. The number of aromatic nitrogens is 2. The Morgan fingerprint density at radius 2 is 2.02 bits per heavy atom. The topological polar surface area (TPSA) is 131 Å². The summed E-state index contributed by atoms with van der Waals surface area (Å²) in [4.78, 5) is 44.5. The molecule has 0 spiro atoms. The second kappa shape index (κ2) is 8.44. The molecule has 7 rings (SSSR count). The molecule has 1 amide bonds. The Balaban J connectivity index is 1.45. The van der Waals surface area contributed by atoms with Gasteiger partial charge in [0, 0.05) is 29.2 Å². The van der Waals surface area contributed by atoms with Crippen molar-refractivity contribution in [2.75, 3.05) is 6.61 Å². The number of amides is 1. The number of rotatable bonds is 5. The molecule has 2 aromatic heterocycles. The number of hydrogen-bond acceptors (Lipinski definition) is 7. The normalized spacial score (nSPS) is 23.3. The van der Waals surface area contributed by atoms with E-state index in [1.807, 2.05) is 0 Å². The lowest BCUT2D eigenvalue weighted by Crippen LogP contribution is -2.44. The molecular formula is C30H30FN3O6. The Kier molecular flexibility index (Phi) is 5.35. The average molecular weight is 548 g/mol. The summed E-state index contributed by atoms with van der Waals surface area (Å²) in [7, 11) is 0. The van der Waals surface area contributed by atoms with E-state index in [-0.39, 0.29) is 60.6 Å². The first kappa shape index (κ1) is 25.3. The smallest absolute Gasteiger partial charge is 0.343 e. The van der Waals surface area contributed by atoms with Crippen LogP contribution in [0.15, 0.2) is 16.9 Å². The molecule has 2 aliphatic carbocycles. The van der Waals surface area contributed by atoms with Crippen LogP contribution in [0.2, 0.25) is 0 Å². The van der Waals surface area contributed by atoms with E-state index in [4.69, 9.17) is 9.72 Å². The minimum atomic E-state index is -1.95. The van der Waals surface area contributed by atoms with Gasteiger partial charge >= 0.3 is 5.97 Å². The number of carbonyl (C=O) groups excluding carboxylic acids is 2. The van der Waals surface area contributed by atoms with Crippen LogP contribution in [-0.2, 0) is 39.5 Å². The van der Waals surface area contributed by atoms with Crippen LogP contribution in [0, 0.1) is 18.2 Å². The number of benzene rings is 1. The Hall–Kier alpha value is -3.63. The quantitative estimate of drug-likeness (QED) is 0.328. The summed E-state index contributed by atoms with van der Waals surface area (Å²) in [6, 6.07) is 2.66. The summed E-state index contributed by atoms with van der Waals surface area (Å²) in [6.45, 7) is 3.30. The zero-order chi connectivity index (χ0) is 28.1. The van der Waals surface area contributed by atoms with Crippen LogP contribution in [0.5, 0.6) is 0 Å². The highest BCUT2D eigenvalue weighted by Crippen LogP contribution is 2.51. The van der Waals surface area contributed by atoms with Crippen molar-refractivity contribution in [2.45, 2.75) is 77.2 Å². The minimum absolute atomic E-state index is 0.0303. The number of esters is 1. The van der Waals surface area contributed by atoms with Gasteiger partial charge < -0.3 is 24.8 Å². The molecular weight excluding hydrogens is 517 g/mol. The predicted octanol–water partition coefficient (Wildman–Crippen LogP) is 2.79. The molecule has 1 saturated carbocycles. The van der Waals surface area contributed by atoms with Gasteiger partial charge in [-0.1, -0.05) is 6.92 Å². The van der Waals surface area contributed by atoms with Crippen LogP contribution in [0.25, 0.3) is 22.3 Å². The van der Waals surface area contributed by atoms with Crippen molar-refractivity contribution in [3.05, 3.63) is 61.7 Å². The molecule has 3 aromatic rings. The molecule has 9 nitrogen and oxygen atoms in total. The molecule has 1 fully saturated rings. The number of ether oxygens (including phenoxy) is 1. The van der Waals surface area contributed by atoms with Crippen LogP contribution in [-0.4, -0.2) is 38.2 Å². The first-order valence-corrected chi connectivity index (χ1v) is 13.9. The highest BCUT2D eigenvalue weighted by molar-refractivity contribution is 5.94. The number of halogens is 1. The molecule has 208 valence electrons. The highest BCUT2D eigenvalue weighted by Gasteiger charge is 2.50. The third-order valence-electron chi connectivity index (χ3n) is 9.61. The summed E-state index contributed by atoms with van der Waals surface area (Å²) in [5.74, 6) is -1.26. The van der Waals surface area contributed by atoms with Crippen molar-refractivity contribution in [3.63, 3.8) is 0 Å². The first-order valence-electron chi connectivity index (χ1n) is 13.9. The number of nitrogens with zero attached hydrogens (tertiary/aromatic N) is 2. The number of nitrogens with one attached hydrogen (secondary N) is 1. The van der Waals surface area contributed by atoms with Gasteiger partial charge in [0.2, 0.25) is 5.91 Å². The van der Waals surface area contributed by atoms with Crippen molar-refractivity contribution in [1.29, 1.82) is 0 Å². The van der Waals surface area contributed by atoms with E-state index in [1.54, 1.807) is 24.5 Å². The van der Waals surface area contributed by atoms with Crippen molar-refractivity contribution in [2.24, 2.45) is 5.41 Å². The SMILES string of the molecule is CC[C@@]1(O)C(=O)OCc2c1cc1n(c2=O)Cc2c-1nc1cc(F)c(C)c3c1c2[C@@H](NC(=O)C1(CCO)CC1)CC3. The fourth-order valence-electron chi connectivity index (χ4n) is 6.97. The molecule has 4 heterocycles. The molecule has 4 aliphatic rings. The van der Waals surface area contributed by atoms with Gasteiger partial charge in [-0.15, -0.1) is 0 Å². The number of cyclic esters (lactones) is 1. The standard InChI is InChI=1S/C30H30FN3O6/c1-3-30(39)18-10-22-25-16(12-34(22)26(36)17(18)13-40-28(30)38)24-20(33-27(37)29(6-7-29)8-9-35)5-4-15-14(2)19(31)11-21(32-25)23(15)24/h10-11,20,35,39H,3-9,12-13H2,1-2H3,(H,33,37)/t20-,30-/m0/s1. The van der Waals surface area contributed by atoms with Gasteiger partial charge in [0.1, 0.15) is 12.4 Å². The van der Waals surface area contributed by atoms with Crippen LogP contribution in [0.3, 0.4) is 0 Å². The van der Waals surface area contributed by atoms with Gasteiger partial charge in [0.25, 0.3) is 5.56 Å². The highest BCUT2D eigenvalue weighted by atomic mass is 19.1. The second-order valence-electron chi connectivity index (χ2n) is 11.6. The zero-order valence-electron chi connectivity index (χ0n) is 22.4. The predicted molar refractivity (Wildman–Crippen MR) is 142 cm³/mol. The van der Waals surface area contributed by atoms with Crippen molar-refractivity contribution >= 4 is 22.8 Å². The monoisotopic (exact) mass is 547 g/mol. The van der Waals surface area contributed by atoms with Crippen LogP contribution in [0.1, 0.15) is 78.5 Å². The van der Waals surface area contributed by atoms with Crippen molar-refractivity contribution in [3.8, 4) is 11.4 Å². The maximum Gasteiger partial charge on any atom is 0.343 e. The largest absolute Gasteiger partial charge is 0.458 e. The lowest BCUT2D eigenvalue weighted by Gasteiger charge is -2.31. The average Bonchev–Trinajstić information content (AvgIpc) is 3.64. The molecule has 3 N–H and O–H groups in total. The molecule has 1 aromatic carbocycles. The number of hydrogen-bond donors (Lipinski definition) is 3. The van der Waals surface area contributed by atoms with Gasteiger partial charge in [-0.25, -0.2) is 14.2 Å². The number of fused-ring (bicyclic) bond motifs is 5. The third kappa shape index (κ3) is 3.26. The lowest BCUT2D eigenvalue weighted by molar-refractivity contribution is -0.172. The van der Waals surface area contributed by atoms with Gasteiger partial charge in [-0.05, 0) is 68.2 Å². The number of aliphatic hydroxyl groups is 2. The van der Waals surface area contributed by atoms with E-state index in [1.165, 1.54) is 6.07 Å². The molecule has 0 radical (unpaired) electrons. The lowest BCUT2D eigenvalue weighted by atomic mass is 9.81. The summed E-state index contributed by atoms with van der Waals surface area (Å²) in [5, 5.41) is 24.7. The van der Waals surface area contributed by atoms with Crippen LogP contribution in [0.4, 0.5) is 4.39 Å². The van der Waals surface area contributed by atoms with E-state index in [0.717, 1.165) is 34.9 Å². The van der Waals surface area contributed by atoms with Crippen molar-refractivity contribution < 1.29 is 28.9 Å². The molecule has 0 unspecified atom stereocenters. The van der Waals surface area contributed by atoms with E-state index in [9.17, 15) is 24.6 Å². The Morgan fingerprint density at radius 3 is 2.73 bits per heavy atom. The number of carbonyl (C=O) groups is 2. The Labute approximate surface area is 229 Å². The zero-order valence-corrected chi connectivity index (χ0v) is 22.4. The summed E-state index contributed by atoms with van der Waals surface area (Å²) >= 11 is 0. The van der Waals surface area contributed by atoms with Crippen LogP contribution >= 0.6 is 0 Å². The fourth-order valence-corrected chi connectivity index (χ4v) is 6.97. The molecule has 2 atom stereocenters. The number of pyridine rings is 2. The molecule has 40 heavy (non-hydrogen) atoms. The molecule has 0 saturated heterocycles. The Morgan fingerprint density at radius 1 is 1.25 bits per heavy atom. The van der Waals surface area contributed by atoms with Gasteiger partial charge in [0.15, 0.2) is 5.60 Å². The van der Waals surface area contributed by atoms with E-state index in [0.29, 0.717) is 41.7 Å². The summed E-state index contributed by atoms with van der Waals surface area (Å²) in [6.07, 6.45) is 3.01. The molecule has 0 bridgehead atoms. The minimum Gasteiger partial charge on any atom is -0.458 e. The van der Waals surface area contributed by atoms with E-state index < -0.39 is 17.0 Å². The van der Waals surface area contributed by atoms with Crippen LogP contribution < -0.4 is 10.9 Å². The maximum atomic E-state index is 15.1. The summed E-state index contributed by atoms with van der Waals surface area (Å²) < 4.78 is 21.8. The third-order valence-corrected chi connectivity index (χ3v) is 9.61.